The zero-order chi connectivity index (χ0) is 19.3. The van der Waals surface area contributed by atoms with E-state index in [4.69, 9.17) is 4.74 Å². The number of fused-ring (bicyclic) bond motifs is 4. The quantitative estimate of drug-likeness (QED) is 0.536. The molecule has 0 saturated heterocycles. The number of hydrogen-bond acceptors (Lipinski definition) is 5. The number of methoxy groups -OCH3 is 1. The van der Waals surface area contributed by atoms with Crippen molar-refractivity contribution >= 4 is 33.3 Å². The van der Waals surface area contributed by atoms with Gasteiger partial charge in [0, 0.05) is 30.2 Å². The molecule has 1 unspecified atom stereocenters. The van der Waals surface area contributed by atoms with Gasteiger partial charge in [0.2, 0.25) is 17.1 Å². The lowest BCUT2D eigenvalue weighted by molar-refractivity contribution is 0.378. The third-order valence-corrected chi connectivity index (χ3v) is 5.84. The summed E-state index contributed by atoms with van der Waals surface area (Å²) in [5.41, 5.74) is 5.47. The van der Waals surface area contributed by atoms with E-state index in [-0.39, 0.29) is 0 Å². The number of hydrogen-bond donors (Lipinski definition) is 1. The van der Waals surface area contributed by atoms with Crippen LogP contribution < -0.4 is 4.74 Å². The fraction of sp³-hybridized carbons (Fsp3) is 0.211. The van der Waals surface area contributed by atoms with Crippen LogP contribution in [0.1, 0.15) is 11.1 Å². The van der Waals surface area contributed by atoms with Gasteiger partial charge < -0.3 is 4.74 Å². The highest BCUT2D eigenvalue weighted by Gasteiger charge is 2.21. The third kappa shape index (κ3) is 2.75. The summed E-state index contributed by atoms with van der Waals surface area (Å²) in [5.74, 6) is 0.510. The molecule has 1 aliphatic heterocycles. The van der Waals surface area contributed by atoms with E-state index in [9.17, 15) is 8.76 Å². The Hall–Kier alpha value is -2.88. The summed E-state index contributed by atoms with van der Waals surface area (Å²) in [6.45, 7) is 1.02. The molecule has 0 bridgehead atoms. The summed E-state index contributed by atoms with van der Waals surface area (Å²) in [6, 6.07) is 9.93. The van der Waals surface area contributed by atoms with Crippen molar-refractivity contribution < 1.29 is 13.5 Å². The highest BCUT2D eigenvalue weighted by atomic mass is 32.2. The van der Waals surface area contributed by atoms with Crippen molar-refractivity contribution in [3.05, 3.63) is 54.0 Å². The first-order valence-electron chi connectivity index (χ1n) is 8.79. The Labute approximate surface area is 163 Å². The highest BCUT2D eigenvalue weighted by Crippen LogP contribution is 2.28. The Morgan fingerprint density at radius 1 is 1.18 bits per heavy atom. The molecule has 4 aromatic rings. The Bertz CT molecular complexity index is 1240. The Kier molecular flexibility index (Phi) is 4.08. The number of rotatable bonds is 3. The molecule has 5 rings (SSSR count). The van der Waals surface area contributed by atoms with Crippen LogP contribution in [-0.4, -0.2) is 46.2 Å². The molecule has 0 spiro atoms. The van der Waals surface area contributed by atoms with Gasteiger partial charge >= 0.3 is 0 Å². The molecule has 0 fully saturated rings. The van der Waals surface area contributed by atoms with Crippen LogP contribution in [0.25, 0.3) is 27.8 Å². The van der Waals surface area contributed by atoms with Crippen LogP contribution in [0.3, 0.4) is 0 Å². The number of benzene rings is 1. The van der Waals surface area contributed by atoms with Crippen molar-refractivity contribution in [2.45, 2.75) is 13.0 Å². The fourth-order valence-corrected chi connectivity index (χ4v) is 4.17. The molecule has 28 heavy (non-hydrogen) atoms. The molecule has 1 aliphatic rings. The summed E-state index contributed by atoms with van der Waals surface area (Å²) in [5, 5.41) is 0.881. The van der Waals surface area contributed by atoms with E-state index < -0.39 is 11.3 Å². The van der Waals surface area contributed by atoms with E-state index in [1.165, 1.54) is 5.56 Å². The van der Waals surface area contributed by atoms with Crippen molar-refractivity contribution in [3.8, 4) is 11.6 Å². The van der Waals surface area contributed by atoms with Gasteiger partial charge in [-0.15, -0.1) is 0 Å². The van der Waals surface area contributed by atoms with Gasteiger partial charge in [-0.25, -0.2) is 14.2 Å². The van der Waals surface area contributed by atoms with Crippen molar-refractivity contribution in [1.82, 2.24) is 23.8 Å². The number of nitrogens with zero attached hydrogens (tertiary/aromatic N) is 5. The summed E-state index contributed by atoms with van der Waals surface area (Å²) in [7, 11) is 1.58. The van der Waals surface area contributed by atoms with E-state index in [2.05, 4.69) is 33.2 Å². The normalized spacial score (nSPS) is 15.6. The zero-order valence-corrected chi connectivity index (χ0v) is 15.9. The minimum Gasteiger partial charge on any atom is -0.481 e. The van der Waals surface area contributed by atoms with Gasteiger partial charge in [-0.3, -0.25) is 9.12 Å². The first-order valence-corrected chi connectivity index (χ1v) is 9.85. The minimum absolute atomic E-state index is 0.444. The average Bonchev–Trinajstić information content (AvgIpc) is 3.17. The van der Waals surface area contributed by atoms with Crippen LogP contribution in [0.2, 0.25) is 0 Å². The number of aromatic nitrogens is 4. The van der Waals surface area contributed by atoms with Crippen LogP contribution in [0.5, 0.6) is 5.88 Å². The Balaban J connectivity index is 1.66. The molecule has 1 aromatic carbocycles. The van der Waals surface area contributed by atoms with E-state index in [1.807, 2.05) is 16.7 Å². The van der Waals surface area contributed by atoms with Crippen molar-refractivity contribution in [1.29, 1.82) is 0 Å². The van der Waals surface area contributed by atoms with Gasteiger partial charge in [0.25, 0.3) is 0 Å². The van der Waals surface area contributed by atoms with Gasteiger partial charge in [-0.2, -0.15) is 9.29 Å². The first-order chi connectivity index (χ1) is 13.6. The molecule has 3 aromatic heterocycles. The van der Waals surface area contributed by atoms with Gasteiger partial charge in [-0.1, -0.05) is 6.07 Å². The second-order valence-electron chi connectivity index (χ2n) is 6.63. The van der Waals surface area contributed by atoms with Crippen LogP contribution in [0, 0.1) is 0 Å². The highest BCUT2D eigenvalue weighted by molar-refractivity contribution is 7.76. The predicted molar refractivity (Wildman–Crippen MR) is 106 cm³/mol. The largest absolute Gasteiger partial charge is 0.481 e. The zero-order valence-electron chi connectivity index (χ0n) is 15.1. The predicted octanol–water partition coefficient (Wildman–Crippen LogP) is 2.47. The average molecular weight is 395 g/mol. The van der Waals surface area contributed by atoms with Gasteiger partial charge in [0.1, 0.15) is 11.8 Å². The third-order valence-electron chi connectivity index (χ3n) is 5.08. The lowest BCUT2D eigenvalue weighted by Gasteiger charge is -2.25. The van der Waals surface area contributed by atoms with Gasteiger partial charge in [0.05, 0.1) is 18.8 Å². The molecule has 0 aliphatic carbocycles. The second-order valence-corrected chi connectivity index (χ2v) is 7.61. The van der Waals surface area contributed by atoms with Gasteiger partial charge in [0.15, 0.2) is 5.65 Å². The van der Waals surface area contributed by atoms with Crippen LogP contribution in [-0.2, 0) is 24.2 Å². The van der Waals surface area contributed by atoms with Crippen LogP contribution in [0.15, 0.2) is 42.9 Å². The number of pyridine rings is 2. The molecule has 142 valence electrons. The van der Waals surface area contributed by atoms with Gasteiger partial charge in [-0.05, 0) is 35.7 Å². The second kappa shape index (κ2) is 6.62. The number of ether oxygens (including phenoxy) is 1. The van der Waals surface area contributed by atoms with Crippen molar-refractivity contribution in [3.63, 3.8) is 0 Å². The van der Waals surface area contributed by atoms with Crippen molar-refractivity contribution in [2.75, 3.05) is 13.7 Å². The molecule has 4 heterocycles. The number of imidazole rings is 1. The Morgan fingerprint density at radius 3 is 2.89 bits per heavy atom. The molecule has 1 atom stereocenters. The SMILES string of the molecule is COc1ccc2c(ncc3ncn(-c4ccc5c(c4)CN(S(=O)O)CC5)c32)n1. The Morgan fingerprint density at radius 2 is 2.07 bits per heavy atom. The van der Waals surface area contributed by atoms with E-state index in [1.54, 1.807) is 23.9 Å². The fourth-order valence-electron chi connectivity index (χ4n) is 3.67. The molecular weight excluding hydrogens is 378 g/mol. The first kappa shape index (κ1) is 17.2. The maximum atomic E-state index is 11.4. The molecule has 8 nitrogen and oxygen atoms in total. The molecule has 0 radical (unpaired) electrons. The molecule has 1 N–H and O–H groups in total. The summed E-state index contributed by atoms with van der Waals surface area (Å²) < 4.78 is 29.6. The standard InChI is InChI=1S/C19H17N5O3S/c1-27-17-5-4-15-18-16(9-20-19(15)22-17)21-11-24(18)14-3-2-12-6-7-23(28(25)26)10-13(12)8-14/h2-5,8-9,11H,6-7,10H2,1H3,(H,25,26). The van der Waals surface area contributed by atoms with Crippen LogP contribution in [0.4, 0.5) is 0 Å². The maximum absolute atomic E-state index is 11.4. The van der Waals surface area contributed by atoms with E-state index in [0.29, 0.717) is 24.6 Å². The molecular formula is C19H17N5O3S. The van der Waals surface area contributed by atoms with Crippen molar-refractivity contribution in [2.24, 2.45) is 0 Å². The monoisotopic (exact) mass is 395 g/mol. The lowest BCUT2D eigenvalue weighted by atomic mass is 10.0. The smallest absolute Gasteiger partial charge is 0.234 e. The maximum Gasteiger partial charge on any atom is 0.234 e. The molecule has 0 amide bonds. The summed E-state index contributed by atoms with van der Waals surface area (Å²) in [4.78, 5) is 13.3. The minimum atomic E-state index is -1.96. The lowest BCUT2D eigenvalue weighted by Crippen LogP contribution is -2.31. The topological polar surface area (TPSA) is 93.4 Å². The summed E-state index contributed by atoms with van der Waals surface area (Å²) in [6.07, 6.45) is 4.22. The molecule has 0 saturated carbocycles. The summed E-state index contributed by atoms with van der Waals surface area (Å²) >= 11 is -1.96. The van der Waals surface area contributed by atoms with E-state index >= 15 is 0 Å². The van der Waals surface area contributed by atoms with E-state index in [0.717, 1.165) is 34.1 Å². The van der Waals surface area contributed by atoms with Crippen LogP contribution >= 0.6 is 0 Å². The molecule has 9 heteroatoms.